The summed E-state index contributed by atoms with van der Waals surface area (Å²) in [6, 6.07) is 8.29. The van der Waals surface area contributed by atoms with Gasteiger partial charge in [0, 0.05) is 44.3 Å². The summed E-state index contributed by atoms with van der Waals surface area (Å²) in [5.74, 6) is 0.297. The average molecular weight is 372 g/mol. The van der Waals surface area contributed by atoms with Crippen LogP contribution in [0.25, 0.3) is 0 Å². The number of rotatable bonds is 6. The van der Waals surface area contributed by atoms with Crippen LogP contribution >= 0.6 is 0 Å². The van der Waals surface area contributed by atoms with E-state index in [1.807, 2.05) is 18.2 Å². The second-order valence-corrected chi connectivity index (χ2v) is 8.06. The van der Waals surface area contributed by atoms with Gasteiger partial charge in [0.15, 0.2) is 5.78 Å². The van der Waals surface area contributed by atoms with E-state index in [-0.39, 0.29) is 11.7 Å². The topological polar surface area (TPSA) is 52.7 Å². The van der Waals surface area contributed by atoms with Crippen molar-refractivity contribution in [3.8, 4) is 0 Å². The van der Waals surface area contributed by atoms with Crippen molar-refractivity contribution < 1.29 is 9.59 Å². The normalized spacial score (nSPS) is 20.2. The molecule has 1 heterocycles. The standard InChI is InChI=1S/C22H33N3O2/c1-18(26)20-8-6-7-19(15-20)16-24-11-13-25(14-12-24)17-22(27)23-21-9-4-2-3-5-10-21/h6-8,15,21H,2-5,9-14,16-17H2,1H3,(H,23,27). The molecule has 0 radical (unpaired) electrons. The number of hydrogen-bond acceptors (Lipinski definition) is 4. The van der Waals surface area contributed by atoms with Crippen molar-refractivity contribution in [1.29, 1.82) is 0 Å². The van der Waals surface area contributed by atoms with Crippen molar-refractivity contribution in [2.75, 3.05) is 32.7 Å². The number of nitrogens with zero attached hydrogens (tertiary/aromatic N) is 2. The fraction of sp³-hybridized carbons (Fsp3) is 0.636. The van der Waals surface area contributed by atoms with Gasteiger partial charge in [-0.1, -0.05) is 43.9 Å². The van der Waals surface area contributed by atoms with E-state index < -0.39 is 0 Å². The van der Waals surface area contributed by atoms with Gasteiger partial charge in [0.05, 0.1) is 6.54 Å². The molecular formula is C22H33N3O2. The molecule has 148 valence electrons. The van der Waals surface area contributed by atoms with Crippen LogP contribution in [0.4, 0.5) is 0 Å². The van der Waals surface area contributed by atoms with Crippen LogP contribution in [0.15, 0.2) is 24.3 Å². The largest absolute Gasteiger partial charge is 0.352 e. The second kappa shape index (κ2) is 10.00. The fourth-order valence-corrected chi connectivity index (χ4v) is 4.15. The average Bonchev–Trinajstić information content (AvgIpc) is 2.92. The Hall–Kier alpha value is -1.72. The van der Waals surface area contributed by atoms with Crippen molar-refractivity contribution in [3.63, 3.8) is 0 Å². The first-order chi connectivity index (χ1) is 13.1. The zero-order valence-corrected chi connectivity index (χ0v) is 16.6. The smallest absolute Gasteiger partial charge is 0.234 e. The number of ketones is 1. The first-order valence-corrected chi connectivity index (χ1v) is 10.4. The highest BCUT2D eigenvalue weighted by atomic mass is 16.2. The van der Waals surface area contributed by atoms with Gasteiger partial charge >= 0.3 is 0 Å². The summed E-state index contributed by atoms with van der Waals surface area (Å²) in [7, 11) is 0. The van der Waals surface area contributed by atoms with E-state index in [1.54, 1.807) is 6.92 Å². The molecule has 1 aliphatic carbocycles. The Morgan fingerprint density at radius 3 is 2.33 bits per heavy atom. The zero-order valence-electron chi connectivity index (χ0n) is 16.6. The lowest BCUT2D eigenvalue weighted by Gasteiger charge is -2.34. The number of hydrogen-bond donors (Lipinski definition) is 1. The molecule has 1 aliphatic heterocycles. The summed E-state index contributed by atoms with van der Waals surface area (Å²) in [6.07, 6.45) is 7.38. The maximum absolute atomic E-state index is 12.4. The first kappa shape index (κ1) is 20.0. The Morgan fingerprint density at radius 1 is 1.00 bits per heavy atom. The molecule has 3 rings (SSSR count). The first-order valence-electron chi connectivity index (χ1n) is 10.4. The lowest BCUT2D eigenvalue weighted by Crippen LogP contribution is -2.50. The lowest BCUT2D eigenvalue weighted by atomic mass is 10.1. The number of amides is 1. The van der Waals surface area contributed by atoms with Gasteiger partial charge in [-0.25, -0.2) is 0 Å². The SMILES string of the molecule is CC(=O)c1cccc(CN2CCN(CC(=O)NC3CCCCCC3)CC2)c1. The minimum Gasteiger partial charge on any atom is -0.352 e. The van der Waals surface area contributed by atoms with Gasteiger partial charge in [0.25, 0.3) is 0 Å². The molecule has 1 aromatic rings. The van der Waals surface area contributed by atoms with E-state index in [9.17, 15) is 9.59 Å². The molecule has 5 nitrogen and oxygen atoms in total. The summed E-state index contributed by atoms with van der Waals surface area (Å²) in [5, 5.41) is 3.25. The number of piperazine rings is 1. The molecule has 0 aromatic heterocycles. The number of benzene rings is 1. The molecule has 1 saturated carbocycles. The summed E-state index contributed by atoms with van der Waals surface area (Å²) >= 11 is 0. The highest BCUT2D eigenvalue weighted by molar-refractivity contribution is 5.94. The van der Waals surface area contributed by atoms with Crippen molar-refractivity contribution in [3.05, 3.63) is 35.4 Å². The predicted octanol–water partition coefficient (Wildman–Crippen LogP) is 2.85. The van der Waals surface area contributed by atoms with Crippen LogP contribution in [-0.4, -0.2) is 60.3 Å². The molecule has 27 heavy (non-hydrogen) atoms. The molecule has 5 heteroatoms. The molecule has 1 saturated heterocycles. The Kier molecular flexibility index (Phi) is 7.41. The molecule has 1 aromatic carbocycles. The number of Topliss-reactive ketones (excluding diaryl/α,β-unsaturated/α-hetero) is 1. The molecule has 0 spiro atoms. The second-order valence-electron chi connectivity index (χ2n) is 8.06. The van der Waals surface area contributed by atoms with Gasteiger partial charge in [-0.05, 0) is 31.4 Å². The van der Waals surface area contributed by atoms with Crippen molar-refractivity contribution >= 4 is 11.7 Å². The summed E-state index contributed by atoms with van der Waals surface area (Å²) in [6.45, 7) is 6.75. The Balaban J connectivity index is 1.40. The quantitative estimate of drug-likeness (QED) is 0.617. The zero-order chi connectivity index (χ0) is 19.1. The van der Waals surface area contributed by atoms with E-state index in [0.29, 0.717) is 12.6 Å². The number of carbonyl (C=O) groups excluding carboxylic acids is 2. The van der Waals surface area contributed by atoms with Crippen LogP contribution in [-0.2, 0) is 11.3 Å². The molecular weight excluding hydrogens is 338 g/mol. The van der Waals surface area contributed by atoms with Crippen molar-refractivity contribution in [1.82, 2.24) is 15.1 Å². The monoisotopic (exact) mass is 371 g/mol. The molecule has 2 fully saturated rings. The van der Waals surface area contributed by atoms with Crippen LogP contribution in [0, 0.1) is 0 Å². The Morgan fingerprint density at radius 2 is 1.67 bits per heavy atom. The van der Waals surface area contributed by atoms with Gasteiger partial charge in [-0.2, -0.15) is 0 Å². The van der Waals surface area contributed by atoms with E-state index in [4.69, 9.17) is 0 Å². The molecule has 1 amide bonds. The number of nitrogens with one attached hydrogen (secondary N) is 1. The van der Waals surface area contributed by atoms with E-state index in [0.717, 1.165) is 51.1 Å². The van der Waals surface area contributed by atoms with Crippen LogP contribution in [0.2, 0.25) is 0 Å². The van der Waals surface area contributed by atoms with Gasteiger partial charge in [-0.15, -0.1) is 0 Å². The van der Waals surface area contributed by atoms with Crippen LogP contribution in [0.5, 0.6) is 0 Å². The van der Waals surface area contributed by atoms with Crippen molar-refractivity contribution in [2.45, 2.75) is 58.0 Å². The van der Waals surface area contributed by atoms with E-state index in [1.165, 1.54) is 31.2 Å². The summed E-state index contributed by atoms with van der Waals surface area (Å²) in [5.41, 5.74) is 1.96. The van der Waals surface area contributed by atoms with Gasteiger partial charge in [-0.3, -0.25) is 19.4 Å². The van der Waals surface area contributed by atoms with Crippen molar-refractivity contribution in [2.24, 2.45) is 0 Å². The van der Waals surface area contributed by atoms with Crippen LogP contribution < -0.4 is 5.32 Å². The maximum Gasteiger partial charge on any atom is 0.234 e. The molecule has 0 unspecified atom stereocenters. The maximum atomic E-state index is 12.4. The Bertz CT molecular complexity index is 630. The fourth-order valence-electron chi connectivity index (χ4n) is 4.15. The minimum atomic E-state index is 0.112. The van der Waals surface area contributed by atoms with Gasteiger partial charge in [0.1, 0.15) is 0 Å². The molecule has 1 N–H and O–H groups in total. The minimum absolute atomic E-state index is 0.112. The highest BCUT2D eigenvalue weighted by Crippen LogP contribution is 2.17. The van der Waals surface area contributed by atoms with Gasteiger partial charge < -0.3 is 5.32 Å². The lowest BCUT2D eigenvalue weighted by molar-refractivity contribution is -0.123. The predicted molar refractivity (Wildman–Crippen MR) is 108 cm³/mol. The van der Waals surface area contributed by atoms with Gasteiger partial charge in [0.2, 0.25) is 5.91 Å². The third-order valence-corrected chi connectivity index (χ3v) is 5.79. The molecule has 0 atom stereocenters. The third kappa shape index (κ3) is 6.43. The summed E-state index contributed by atoms with van der Waals surface area (Å²) < 4.78 is 0. The van der Waals surface area contributed by atoms with Crippen LogP contribution in [0.3, 0.4) is 0 Å². The number of carbonyl (C=O) groups is 2. The molecule has 2 aliphatic rings. The van der Waals surface area contributed by atoms with E-state index >= 15 is 0 Å². The molecule has 0 bridgehead atoms. The Labute approximate surface area is 163 Å². The highest BCUT2D eigenvalue weighted by Gasteiger charge is 2.21. The summed E-state index contributed by atoms with van der Waals surface area (Å²) in [4.78, 5) is 28.6. The van der Waals surface area contributed by atoms with E-state index in [2.05, 4.69) is 21.2 Å². The third-order valence-electron chi connectivity index (χ3n) is 5.79. The van der Waals surface area contributed by atoms with Crippen LogP contribution in [0.1, 0.15) is 61.4 Å².